The molecule has 0 N–H and O–H groups in total. The van der Waals surface area contributed by atoms with E-state index in [1.54, 1.807) is 0 Å². The third-order valence-corrected chi connectivity index (χ3v) is 8.29. The molecular formula is C36H72N2O2. The highest BCUT2D eigenvalue weighted by Crippen LogP contribution is 2.14. The molecule has 0 aliphatic rings. The Labute approximate surface area is 251 Å². The van der Waals surface area contributed by atoms with Crippen LogP contribution in [0, 0.1) is 11.8 Å². The second-order valence-corrected chi connectivity index (χ2v) is 13.3. The van der Waals surface area contributed by atoms with E-state index in [2.05, 4.69) is 51.3 Å². The molecule has 0 aromatic carbocycles. The summed E-state index contributed by atoms with van der Waals surface area (Å²) in [5.41, 5.74) is 0. The number of hydrogen-bond donors (Lipinski definition) is 0. The van der Waals surface area contributed by atoms with E-state index in [4.69, 9.17) is 0 Å². The first-order valence-corrected chi connectivity index (χ1v) is 17.9. The molecule has 0 saturated carbocycles. The average molecular weight is 565 g/mol. The molecule has 0 atom stereocenters. The van der Waals surface area contributed by atoms with Crippen LogP contribution >= 0.6 is 0 Å². The predicted octanol–water partition coefficient (Wildman–Crippen LogP) is 10.6. The molecule has 0 aliphatic heterocycles. The standard InChI is InChI=1S/C36H72N2O2/c1-7-9-11-13-15-17-19-21-23-25-35(39)37(29-27-33(3)4)31-32-38(30-28-34(5)6)36(40)26-24-22-20-18-16-14-12-10-8-2/h33-34H,7-32H2,1-6H3. The summed E-state index contributed by atoms with van der Waals surface area (Å²) in [6.07, 6.45) is 26.3. The van der Waals surface area contributed by atoms with Crippen molar-refractivity contribution in [3.8, 4) is 0 Å². The third-order valence-electron chi connectivity index (χ3n) is 8.29. The maximum atomic E-state index is 13.2. The first-order chi connectivity index (χ1) is 19.3. The molecule has 0 heterocycles. The number of amides is 2. The third kappa shape index (κ3) is 24.7. The van der Waals surface area contributed by atoms with E-state index in [0.29, 0.717) is 49.6 Å². The van der Waals surface area contributed by atoms with Gasteiger partial charge in [0.25, 0.3) is 0 Å². The van der Waals surface area contributed by atoms with Crippen LogP contribution < -0.4 is 0 Å². The molecular weight excluding hydrogens is 492 g/mol. The molecule has 0 bridgehead atoms. The fourth-order valence-electron chi connectivity index (χ4n) is 5.28. The topological polar surface area (TPSA) is 40.6 Å². The average Bonchev–Trinajstić information content (AvgIpc) is 2.92. The summed E-state index contributed by atoms with van der Waals surface area (Å²) in [6, 6.07) is 0. The Kier molecular flexibility index (Phi) is 27.3. The Balaban J connectivity index is 4.60. The van der Waals surface area contributed by atoms with Crippen molar-refractivity contribution in [2.24, 2.45) is 11.8 Å². The number of carbonyl (C=O) groups is 2. The van der Waals surface area contributed by atoms with Crippen molar-refractivity contribution in [3.05, 3.63) is 0 Å². The second-order valence-electron chi connectivity index (χ2n) is 13.3. The molecule has 0 aliphatic carbocycles. The highest BCUT2D eigenvalue weighted by atomic mass is 16.2. The van der Waals surface area contributed by atoms with Gasteiger partial charge in [0, 0.05) is 39.0 Å². The fourth-order valence-corrected chi connectivity index (χ4v) is 5.28. The van der Waals surface area contributed by atoms with Crippen LogP contribution in [0.3, 0.4) is 0 Å². The molecule has 0 radical (unpaired) electrons. The van der Waals surface area contributed by atoms with Gasteiger partial charge in [-0.05, 0) is 37.5 Å². The first kappa shape index (κ1) is 38.9. The quantitative estimate of drug-likeness (QED) is 0.0848. The zero-order valence-corrected chi connectivity index (χ0v) is 28.3. The Morgan fingerprint density at radius 2 is 0.700 bits per heavy atom. The molecule has 4 nitrogen and oxygen atoms in total. The maximum Gasteiger partial charge on any atom is 0.222 e. The van der Waals surface area contributed by atoms with Crippen LogP contribution in [0.5, 0.6) is 0 Å². The zero-order chi connectivity index (χ0) is 29.8. The number of hydrogen-bond acceptors (Lipinski definition) is 2. The van der Waals surface area contributed by atoms with Gasteiger partial charge in [-0.3, -0.25) is 9.59 Å². The van der Waals surface area contributed by atoms with Gasteiger partial charge in [0.05, 0.1) is 0 Å². The van der Waals surface area contributed by atoms with Gasteiger partial charge in [0.2, 0.25) is 11.8 Å². The van der Waals surface area contributed by atoms with Crippen LogP contribution in [0.2, 0.25) is 0 Å². The van der Waals surface area contributed by atoms with E-state index in [1.165, 1.54) is 89.9 Å². The van der Waals surface area contributed by atoms with Crippen LogP contribution in [0.1, 0.15) is 183 Å². The van der Waals surface area contributed by atoms with E-state index in [-0.39, 0.29) is 0 Å². The van der Waals surface area contributed by atoms with Crippen molar-refractivity contribution in [3.63, 3.8) is 0 Å². The van der Waals surface area contributed by atoms with Gasteiger partial charge in [0.15, 0.2) is 0 Å². The number of unbranched alkanes of at least 4 members (excludes halogenated alkanes) is 16. The monoisotopic (exact) mass is 565 g/mol. The molecule has 0 rings (SSSR count). The summed E-state index contributed by atoms with van der Waals surface area (Å²) in [4.78, 5) is 30.5. The summed E-state index contributed by atoms with van der Waals surface area (Å²) in [5, 5.41) is 0. The maximum absolute atomic E-state index is 13.2. The lowest BCUT2D eigenvalue weighted by Gasteiger charge is -2.29. The van der Waals surface area contributed by atoms with Crippen molar-refractivity contribution in [1.82, 2.24) is 9.80 Å². The molecule has 0 saturated heterocycles. The van der Waals surface area contributed by atoms with Gasteiger partial charge >= 0.3 is 0 Å². The molecule has 238 valence electrons. The van der Waals surface area contributed by atoms with Gasteiger partial charge in [-0.2, -0.15) is 0 Å². The number of nitrogens with zero attached hydrogens (tertiary/aromatic N) is 2. The van der Waals surface area contributed by atoms with Crippen LogP contribution in [0.25, 0.3) is 0 Å². The lowest BCUT2D eigenvalue weighted by atomic mass is 10.1. The van der Waals surface area contributed by atoms with Crippen LogP contribution in [0.4, 0.5) is 0 Å². The summed E-state index contributed by atoms with van der Waals surface area (Å²) in [6.45, 7) is 16.5. The fraction of sp³-hybridized carbons (Fsp3) is 0.944. The van der Waals surface area contributed by atoms with Gasteiger partial charge in [0.1, 0.15) is 0 Å². The summed E-state index contributed by atoms with van der Waals surface area (Å²) in [5.74, 6) is 1.74. The van der Waals surface area contributed by atoms with Crippen molar-refractivity contribution in [1.29, 1.82) is 0 Å². The number of rotatable bonds is 29. The molecule has 40 heavy (non-hydrogen) atoms. The molecule has 0 aromatic heterocycles. The summed E-state index contributed by atoms with van der Waals surface area (Å²) in [7, 11) is 0. The normalized spacial score (nSPS) is 11.5. The minimum absolute atomic E-state index is 0.291. The molecule has 0 spiro atoms. The van der Waals surface area contributed by atoms with Crippen molar-refractivity contribution in [2.75, 3.05) is 26.2 Å². The molecule has 0 fully saturated rings. The Morgan fingerprint density at radius 1 is 0.425 bits per heavy atom. The number of carbonyl (C=O) groups excluding carboxylic acids is 2. The highest BCUT2D eigenvalue weighted by molar-refractivity contribution is 5.77. The Hall–Kier alpha value is -1.06. The van der Waals surface area contributed by atoms with Crippen molar-refractivity contribution in [2.45, 2.75) is 183 Å². The van der Waals surface area contributed by atoms with Crippen LogP contribution in [-0.4, -0.2) is 47.8 Å². The van der Waals surface area contributed by atoms with E-state index in [1.807, 2.05) is 0 Å². The SMILES string of the molecule is CCCCCCCCCCCC(=O)N(CCC(C)C)CCN(CCC(C)C)C(=O)CCCCCCCCCCC. The Bertz CT molecular complexity index is 525. The molecule has 0 unspecified atom stereocenters. The van der Waals surface area contributed by atoms with E-state index in [0.717, 1.165) is 51.6 Å². The van der Waals surface area contributed by atoms with Crippen molar-refractivity contribution >= 4 is 11.8 Å². The minimum atomic E-state index is 0.291. The molecule has 0 aromatic rings. The lowest BCUT2D eigenvalue weighted by molar-refractivity contribution is -0.135. The summed E-state index contributed by atoms with van der Waals surface area (Å²) >= 11 is 0. The van der Waals surface area contributed by atoms with Gasteiger partial charge in [-0.15, -0.1) is 0 Å². The van der Waals surface area contributed by atoms with Crippen LogP contribution in [-0.2, 0) is 9.59 Å². The smallest absolute Gasteiger partial charge is 0.222 e. The summed E-state index contributed by atoms with van der Waals surface area (Å²) < 4.78 is 0. The Morgan fingerprint density at radius 3 is 0.975 bits per heavy atom. The predicted molar refractivity (Wildman–Crippen MR) is 176 cm³/mol. The van der Waals surface area contributed by atoms with E-state index in [9.17, 15) is 9.59 Å². The van der Waals surface area contributed by atoms with Gasteiger partial charge < -0.3 is 9.80 Å². The van der Waals surface area contributed by atoms with E-state index < -0.39 is 0 Å². The van der Waals surface area contributed by atoms with E-state index >= 15 is 0 Å². The molecule has 2 amide bonds. The first-order valence-electron chi connectivity index (χ1n) is 17.9. The van der Waals surface area contributed by atoms with Crippen molar-refractivity contribution < 1.29 is 9.59 Å². The second kappa shape index (κ2) is 28.1. The molecule has 4 heteroatoms. The lowest BCUT2D eigenvalue weighted by Crippen LogP contribution is -2.42. The van der Waals surface area contributed by atoms with Gasteiger partial charge in [-0.1, -0.05) is 144 Å². The van der Waals surface area contributed by atoms with Gasteiger partial charge in [-0.25, -0.2) is 0 Å². The highest BCUT2D eigenvalue weighted by Gasteiger charge is 2.18. The zero-order valence-electron chi connectivity index (χ0n) is 28.3. The minimum Gasteiger partial charge on any atom is -0.341 e. The van der Waals surface area contributed by atoms with Crippen LogP contribution in [0.15, 0.2) is 0 Å². The largest absolute Gasteiger partial charge is 0.341 e.